The number of nitro groups is 1. The van der Waals surface area contributed by atoms with E-state index in [1.54, 1.807) is 17.8 Å². The largest absolute Gasteiger partial charge is 0.396 e. The van der Waals surface area contributed by atoms with Gasteiger partial charge in [-0.25, -0.2) is 0 Å². The number of nitrogens with one attached hydrogen (secondary N) is 1. The van der Waals surface area contributed by atoms with Gasteiger partial charge >= 0.3 is 0 Å². The maximum Gasteiger partial charge on any atom is 0.292 e. The lowest BCUT2D eigenvalue weighted by Gasteiger charge is -2.09. The predicted molar refractivity (Wildman–Crippen MR) is 75.4 cm³/mol. The number of aliphatic hydroxyl groups is 1. The topological polar surface area (TPSA) is 75.4 Å². The summed E-state index contributed by atoms with van der Waals surface area (Å²) >= 11 is 1.72. The van der Waals surface area contributed by atoms with Crippen LogP contribution in [0.2, 0.25) is 0 Å². The molecule has 100 valence electrons. The molecule has 1 aromatic rings. The summed E-state index contributed by atoms with van der Waals surface area (Å²) in [5, 5.41) is 22.6. The van der Waals surface area contributed by atoms with E-state index in [1.807, 2.05) is 13.0 Å². The summed E-state index contributed by atoms with van der Waals surface area (Å²) in [6.07, 6.45) is 0.787. The Labute approximate surface area is 111 Å². The van der Waals surface area contributed by atoms with E-state index in [4.69, 9.17) is 5.11 Å². The molecule has 0 heterocycles. The quantitative estimate of drug-likeness (QED) is 0.431. The van der Waals surface area contributed by atoms with E-state index < -0.39 is 0 Å². The van der Waals surface area contributed by atoms with Crippen molar-refractivity contribution in [2.45, 2.75) is 13.3 Å². The smallest absolute Gasteiger partial charge is 0.292 e. The number of aliphatic hydroxyl groups excluding tert-OH is 1. The van der Waals surface area contributed by atoms with Crippen molar-refractivity contribution < 1.29 is 10.0 Å². The van der Waals surface area contributed by atoms with E-state index in [0.29, 0.717) is 12.2 Å². The first kappa shape index (κ1) is 14.8. The molecular formula is C12H18N2O3S. The van der Waals surface area contributed by atoms with Gasteiger partial charge in [0.2, 0.25) is 0 Å². The van der Waals surface area contributed by atoms with Crippen molar-refractivity contribution in [2.75, 3.05) is 30.0 Å². The molecule has 2 N–H and O–H groups in total. The summed E-state index contributed by atoms with van der Waals surface area (Å²) in [6.45, 7) is 2.75. The van der Waals surface area contributed by atoms with Crippen molar-refractivity contribution in [1.82, 2.24) is 0 Å². The van der Waals surface area contributed by atoms with E-state index in [1.165, 1.54) is 6.07 Å². The van der Waals surface area contributed by atoms with Gasteiger partial charge in [0.05, 0.1) is 4.92 Å². The number of benzene rings is 1. The second kappa shape index (κ2) is 7.94. The number of hydrogen-bond acceptors (Lipinski definition) is 5. The minimum absolute atomic E-state index is 0.121. The third kappa shape index (κ3) is 4.54. The van der Waals surface area contributed by atoms with E-state index in [0.717, 1.165) is 23.5 Å². The maximum atomic E-state index is 10.9. The number of thioether (sulfide) groups is 1. The summed E-state index contributed by atoms with van der Waals surface area (Å²) in [5.74, 6) is 1.78. The van der Waals surface area contributed by atoms with Crippen LogP contribution in [0.3, 0.4) is 0 Å². The standard InChI is InChI=1S/C12H18N2O3S/c1-10-4-2-5-11(14(16)17)12(10)13-6-9-18-8-3-7-15/h2,4-5,13,15H,3,6-9H2,1H3. The number of rotatable bonds is 8. The van der Waals surface area contributed by atoms with Gasteiger partial charge in [0.15, 0.2) is 0 Å². The number of anilines is 1. The molecule has 0 amide bonds. The molecule has 0 fully saturated rings. The highest BCUT2D eigenvalue weighted by molar-refractivity contribution is 7.99. The summed E-state index contributed by atoms with van der Waals surface area (Å²) in [4.78, 5) is 10.5. The Morgan fingerprint density at radius 2 is 2.22 bits per heavy atom. The average Bonchev–Trinajstić information content (AvgIpc) is 2.34. The number of para-hydroxylation sites is 1. The van der Waals surface area contributed by atoms with Crippen molar-refractivity contribution in [3.63, 3.8) is 0 Å². The fraction of sp³-hybridized carbons (Fsp3) is 0.500. The molecule has 0 saturated heterocycles. The van der Waals surface area contributed by atoms with Gasteiger partial charge in [-0.2, -0.15) is 11.8 Å². The molecule has 0 spiro atoms. The SMILES string of the molecule is Cc1cccc([N+](=O)[O-])c1NCCSCCCO. The first-order valence-corrected chi connectivity index (χ1v) is 6.98. The Kier molecular flexibility index (Phi) is 6.53. The Bertz CT molecular complexity index is 399. The number of nitrogens with zero attached hydrogens (tertiary/aromatic N) is 1. The van der Waals surface area contributed by atoms with Crippen LogP contribution in [-0.2, 0) is 0 Å². The van der Waals surface area contributed by atoms with Crippen LogP contribution < -0.4 is 5.32 Å². The molecule has 5 nitrogen and oxygen atoms in total. The van der Waals surface area contributed by atoms with Crippen molar-refractivity contribution >= 4 is 23.1 Å². The Balaban J connectivity index is 2.48. The summed E-state index contributed by atoms with van der Waals surface area (Å²) < 4.78 is 0. The van der Waals surface area contributed by atoms with Crippen LogP contribution >= 0.6 is 11.8 Å². The molecule has 0 unspecified atom stereocenters. The van der Waals surface area contributed by atoms with E-state index in [-0.39, 0.29) is 17.2 Å². The number of aryl methyl sites for hydroxylation is 1. The third-order valence-corrected chi connectivity index (χ3v) is 3.51. The Hall–Kier alpha value is -1.27. The molecule has 0 aromatic heterocycles. The van der Waals surface area contributed by atoms with E-state index in [2.05, 4.69) is 5.32 Å². The molecular weight excluding hydrogens is 252 g/mol. The molecule has 18 heavy (non-hydrogen) atoms. The van der Waals surface area contributed by atoms with Gasteiger partial charge in [0.25, 0.3) is 5.69 Å². The van der Waals surface area contributed by atoms with E-state index >= 15 is 0 Å². The summed E-state index contributed by atoms with van der Waals surface area (Å²) in [5.41, 5.74) is 1.60. The zero-order valence-electron chi connectivity index (χ0n) is 10.4. The van der Waals surface area contributed by atoms with Crippen molar-refractivity contribution in [3.05, 3.63) is 33.9 Å². The molecule has 6 heteroatoms. The molecule has 0 saturated carbocycles. The lowest BCUT2D eigenvalue weighted by Crippen LogP contribution is -2.08. The molecule has 0 radical (unpaired) electrons. The molecule has 1 aromatic carbocycles. The van der Waals surface area contributed by atoms with Crippen LogP contribution in [0.15, 0.2) is 18.2 Å². The fourth-order valence-corrected chi connectivity index (χ4v) is 2.34. The molecule has 0 aliphatic carbocycles. The highest BCUT2D eigenvalue weighted by atomic mass is 32.2. The second-order valence-corrected chi connectivity index (χ2v) is 5.07. The molecule has 0 aliphatic rings. The van der Waals surface area contributed by atoms with Gasteiger partial charge in [-0.15, -0.1) is 0 Å². The molecule has 0 atom stereocenters. The molecule has 0 aliphatic heterocycles. The summed E-state index contributed by atoms with van der Waals surface area (Å²) in [6, 6.07) is 5.05. The predicted octanol–water partition coefficient (Wildman–Crippen LogP) is 2.43. The van der Waals surface area contributed by atoms with Crippen LogP contribution in [0.5, 0.6) is 0 Å². The van der Waals surface area contributed by atoms with Gasteiger partial charge in [0.1, 0.15) is 5.69 Å². The zero-order chi connectivity index (χ0) is 13.4. The molecule has 1 rings (SSSR count). The average molecular weight is 270 g/mol. The summed E-state index contributed by atoms with van der Waals surface area (Å²) in [7, 11) is 0. The first-order valence-electron chi connectivity index (χ1n) is 5.83. The van der Waals surface area contributed by atoms with Crippen molar-refractivity contribution in [3.8, 4) is 0 Å². The monoisotopic (exact) mass is 270 g/mol. The van der Waals surface area contributed by atoms with Crippen LogP contribution in [0.25, 0.3) is 0 Å². The molecule has 0 bridgehead atoms. The van der Waals surface area contributed by atoms with Gasteiger partial charge in [-0.3, -0.25) is 10.1 Å². The van der Waals surface area contributed by atoms with Crippen LogP contribution in [-0.4, -0.2) is 34.7 Å². The first-order chi connectivity index (χ1) is 8.66. The van der Waals surface area contributed by atoms with Gasteiger partial charge < -0.3 is 10.4 Å². The van der Waals surface area contributed by atoms with Gasteiger partial charge in [-0.05, 0) is 24.7 Å². The fourth-order valence-electron chi connectivity index (χ4n) is 1.55. The minimum atomic E-state index is -0.367. The van der Waals surface area contributed by atoms with Crippen LogP contribution in [0, 0.1) is 17.0 Å². The van der Waals surface area contributed by atoms with Crippen LogP contribution in [0.4, 0.5) is 11.4 Å². The van der Waals surface area contributed by atoms with Gasteiger partial charge in [0, 0.05) is 25.0 Å². The maximum absolute atomic E-state index is 10.9. The van der Waals surface area contributed by atoms with Gasteiger partial charge in [-0.1, -0.05) is 12.1 Å². The minimum Gasteiger partial charge on any atom is -0.396 e. The van der Waals surface area contributed by atoms with E-state index in [9.17, 15) is 10.1 Å². The zero-order valence-corrected chi connectivity index (χ0v) is 11.2. The highest BCUT2D eigenvalue weighted by Crippen LogP contribution is 2.27. The second-order valence-electron chi connectivity index (χ2n) is 3.84. The van der Waals surface area contributed by atoms with Crippen molar-refractivity contribution in [1.29, 1.82) is 0 Å². The van der Waals surface area contributed by atoms with Crippen molar-refractivity contribution in [2.24, 2.45) is 0 Å². The highest BCUT2D eigenvalue weighted by Gasteiger charge is 2.14. The Morgan fingerprint density at radius 3 is 2.89 bits per heavy atom. The van der Waals surface area contributed by atoms with Crippen LogP contribution in [0.1, 0.15) is 12.0 Å². The number of nitro benzene ring substituents is 1. The lowest BCUT2D eigenvalue weighted by molar-refractivity contribution is -0.384. The lowest BCUT2D eigenvalue weighted by atomic mass is 10.1. The third-order valence-electron chi connectivity index (χ3n) is 2.44. The Morgan fingerprint density at radius 1 is 1.44 bits per heavy atom. The number of hydrogen-bond donors (Lipinski definition) is 2. The normalized spacial score (nSPS) is 10.3.